The molecule has 7 heteroatoms. The van der Waals surface area contributed by atoms with E-state index in [0.717, 1.165) is 0 Å². The van der Waals surface area contributed by atoms with Crippen LogP contribution in [0.2, 0.25) is 0 Å². The second-order valence-electron chi connectivity index (χ2n) is 1.56. The third kappa shape index (κ3) is 2.79. The molecule has 0 spiro atoms. The maximum Gasteiger partial charge on any atom is 0.490 e. The molecule has 0 bridgehead atoms. The molecule has 1 nitrogen and oxygen atoms in total. The standard InChI is InChI=1S/C4H3F6N/c1-2(5)3(6)11(10)4(7,8)9/h3H,1H2. The van der Waals surface area contributed by atoms with Gasteiger partial charge in [-0.1, -0.05) is 6.58 Å². The van der Waals surface area contributed by atoms with Crippen LogP contribution in [0.25, 0.3) is 0 Å². The average Bonchev–Trinajstić information content (AvgIpc) is 1.82. The highest BCUT2D eigenvalue weighted by Crippen LogP contribution is 2.27. The van der Waals surface area contributed by atoms with Crippen LogP contribution in [-0.4, -0.2) is 17.7 Å². The number of halogens is 6. The number of nitrogens with zero attached hydrogens (tertiary/aromatic N) is 1. The van der Waals surface area contributed by atoms with Gasteiger partial charge in [0.25, 0.3) is 0 Å². The summed E-state index contributed by atoms with van der Waals surface area (Å²) in [6, 6.07) is 0. The lowest BCUT2D eigenvalue weighted by molar-refractivity contribution is -0.339. The number of hydrogen-bond donors (Lipinski definition) is 0. The highest BCUT2D eigenvalue weighted by Gasteiger charge is 2.45. The van der Waals surface area contributed by atoms with Gasteiger partial charge in [0, 0.05) is 0 Å². The predicted octanol–water partition coefficient (Wildman–Crippen LogP) is 2.47. The third-order valence-electron chi connectivity index (χ3n) is 0.700. The van der Waals surface area contributed by atoms with Crippen LogP contribution in [-0.2, 0) is 0 Å². The average molecular weight is 179 g/mol. The van der Waals surface area contributed by atoms with E-state index in [0.29, 0.717) is 0 Å². The molecule has 0 saturated heterocycles. The Hall–Kier alpha value is -0.720. The minimum atomic E-state index is -5.55. The Morgan fingerprint density at radius 3 is 1.82 bits per heavy atom. The molecule has 0 fully saturated rings. The van der Waals surface area contributed by atoms with Gasteiger partial charge < -0.3 is 0 Å². The van der Waals surface area contributed by atoms with Gasteiger partial charge in [-0.15, -0.1) is 4.48 Å². The van der Waals surface area contributed by atoms with Crippen molar-refractivity contribution in [1.29, 1.82) is 0 Å². The summed E-state index contributed by atoms with van der Waals surface area (Å²) < 4.78 is 68.4. The first-order chi connectivity index (χ1) is 4.76. The number of hydrogen-bond acceptors (Lipinski definition) is 1. The zero-order chi connectivity index (χ0) is 9.23. The topological polar surface area (TPSA) is 3.24 Å². The molecule has 0 aromatic carbocycles. The maximum atomic E-state index is 11.8. The van der Waals surface area contributed by atoms with E-state index in [1.54, 1.807) is 0 Å². The molecule has 1 atom stereocenters. The van der Waals surface area contributed by atoms with Crippen molar-refractivity contribution in [3.8, 4) is 0 Å². The van der Waals surface area contributed by atoms with Crippen molar-refractivity contribution in [2.24, 2.45) is 0 Å². The first kappa shape index (κ1) is 10.3. The minimum Gasteiger partial charge on any atom is -0.219 e. The van der Waals surface area contributed by atoms with Gasteiger partial charge in [-0.25, -0.2) is 8.78 Å². The Bertz CT molecular complexity index is 151. The van der Waals surface area contributed by atoms with E-state index < -0.39 is 23.5 Å². The normalized spacial score (nSPS) is 15.2. The van der Waals surface area contributed by atoms with E-state index in [9.17, 15) is 26.4 Å². The molecule has 66 valence electrons. The summed E-state index contributed by atoms with van der Waals surface area (Å²) in [5.41, 5.74) is 0. The first-order valence-electron chi connectivity index (χ1n) is 2.27. The largest absolute Gasteiger partial charge is 0.490 e. The summed E-state index contributed by atoms with van der Waals surface area (Å²) >= 11 is 0. The molecule has 0 aromatic heterocycles. The van der Waals surface area contributed by atoms with E-state index >= 15 is 0 Å². The van der Waals surface area contributed by atoms with Crippen LogP contribution in [0.4, 0.5) is 26.4 Å². The second kappa shape index (κ2) is 3.12. The van der Waals surface area contributed by atoms with Crippen molar-refractivity contribution in [3.05, 3.63) is 12.4 Å². The first-order valence-corrected chi connectivity index (χ1v) is 2.27. The Morgan fingerprint density at radius 2 is 1.73 bits per heavy atom. The molecule has 0 radical (unpaired) electrons. The molecule has 11 heavy (non-hydrogen) atoms. The highest BCUT2D eigenvalue weighted by molar-refractivity contribution is 4.87. The molecule has 1 unspecified atom stereocenters. The van der Waals surface area contributed by atoms with Crippen molar-refractivity contribution < 1.29 is 26.4 Å². The molecule has 0 aliphatic rings. The smallest absolute Gasteiger partial charge is 0.219 e. The van der Waals surface area contributed by atoms with Crippen molar-refractivity contribution in [2.45, 2.75) is 12.6 Å². The lowest BCUT2D eigenvalue weighted by Crippen LogP contribution is -2.37. The van der Waals surface area contributed by atoms with Gasteiger partial charge in [-0.3, -0.25) is 0 Å². The van der Waals surface area contributed by atoms with Crippen LogP contribution >= 0.6 is 0 Å². The molecule has 0 heterocycles. The molecule has 0 aliphatic carbocycles. The molecule has 0 aromatic rings. The van der Waals surface area contributed by atoms with Gasteiger partial charge in [0.2, 0.25) is 6.30 Å². The SMILES string of the molecule is C=C(F)C(F)N(F)C(F)(F)F. The fraction of sp³-hybridized carbons (Fsp3) is 0.500. The summed E-state index contributed by atoms with van der Waals surface area (Å²) in [5, 5.41) is -2.21. The Kier molecular flexibility index (Phi) is 2.92. The van der Waals surface area contributed by atoms with E-state index in [2.05, 4.69) is 6.58 Å². The lowest BCUT2D eigenvalue weighted by atomic mass is 10.5. The molecule has 0 aliphatic heterocycles. The zero-order valence-electron chi connectivity index (χ0n) is 5.00. The fourth-order valence-electron chi connectivity index (χ4n) is 0.252. The molecule has 0 saturated carbocycles. The summed E-state index contributed by atoms with van der Waals surface area (Å²) in [6.45, 7) is 2.17. The second-order valence-corrected chi connectivity index (χ2v) is 1.56. The van der Waals surface area contributed by atoms with Crippen molar-refractivity contribution in [1.82, 2.24) is 5.12 Å². The number of alkyl halides is 4. The van der Waals surface area contributed by atoms with Gasteiger partial charge in [-0.05, 0) is 5.12 Å². The van der Waals surface area contributed by atoms with Gasteiger partial charge >= 0.3 is 6.30 Å². The molecular weight excluding hydrogens is 176 g/mol. The van der Waals surface area contributed by atoms with Crippen LogP contribution < -0.4 is 0 Å². The van der Waals surface area contributed by atoms with E-state index in [4.69, 9.17) is 0 Å². The molecule has 0 rings (SSSR count). The predicted molar refractivity (Wildman–Crippen MR) is 24.1 cm³/mol. The molecule has 0 amide bonds. The van der Waals surface area contributed by atoms with Crippen molar-refractivity contribution in [2.75, 3.05) is 0 Å². The van der Waals surface area contributed by atoms with Gasteiger partial charge in [0.05, 0.1) is 0 Å². The third-order valence-corrected chi connectivity index (χ3v) is 0.700. The summed E-state index contributed by atoms with van der Waals surface area (Å²) in [7, 11) is 0. The Morgan fingerprint density at radius 1 is 1.36 bits per heavy atom. The van der Waals surface area contributed by atoms with Crippen LogP contribution in [0.1, 0.15) is 0 Å². The Balaban J connectivity index is 4.25. The zero-order valence-corrected chi connectivity index (χ0v) is 5.00. The van der Waals surface area contributed by atoms with Gasteiger partial charge in [0.1, 0.15) is 5.83 Å². The van der Waals surface area contributed by atoms with Crippen molar-refractivity contribution >= 4 is 0 Å². The van der Waals surface area contributed by atoms with Gasteiger partial charge in [-0.2, -0.15) is 13.2 Å². The van der Waals surface area contributed by atoms with Crippen LogP contribution in [0.5, 0.6) is 0 Å². The molecule has 0 N–H and O–H groups in total. The van der Waals surface area contributed by atoms with Gasteiger partial charge in [0.15, 0.2) is 0 Å². The Labute approximate surface area is 57.8 Å². The fourth-order valence-corrected chi connectivity index (χ4v) is 0.252. The highest BCUT2D eigenvalue weighted by atomic mass is 19.4. The van der Waals surface area contributed by atoms with E-state index in [1.807, 2.05) is 0 Å². The number of rotatable bonds is 2. The summed E-state index contributed by atoms with van der Waals surface area (Å²) in [6.07, 6.45) is -9.04. The minimum absolute atomic E-state index is 2.04. The monoisotopic (exact) mass is 179 g/mol. The van der Waals surface area contributed by atoms with E-state index in [-0.39, 0.29) is 0 Å². The van der Waals surface area contributed by atoms with Crippen LogP contribution in [0.15, 0.2) is 12.4 Å². The molecular formula is C4H3F6N. The van der Waals surface area contributed by atoms with Crippen molar-refractivity contribution in [3.63, 3.8) is 0 Å². The summed E-state index contributed by atoms with van der Waals surface area (Å²) in [4.78, 5) is 0. The maximum absolute atomic E-state index is 11.8. The quantitative estimate of drug-likeness (QED) is 0.357. The van der Waals surface area contributed by atoms with Crippen LogP contribution in [0, 0.1) is 0 Å². The lowest BCUT2D eigenvalue weighted by Gasteiger charge is -2.16. The van der Waals surface area contributed by atoms with Crippen LogP contribution in [0.3, 0.4) is 0 Å². The van der Waals surface area contributed by atoms with E-state index in [1.165, 1.54) is 0 Å². The summed E-state index contributed by atoms with van der Waals surface area (Å²) in [5.74, 6) is -2.04.